The van der Waals surface area contributed by atoms with Gasteiger partial charge in [-0.15, -0.1) is 0 Å². The molecule has 0 saturated heterocycles. The molecule has 9 heteroatoms. The lowest BCUT2D eigenvalue weighted by atomic mass is 10.3. The van der Waals surface area contributed by atoms with Crippen molar-refractivity contribution in [3.8, 4) is 5.75 Å². The van der Waals surface area contributed by atoms with Crippen LogP contribution in [0.1, 0.15) is 11.7 Å². The molecule has 0 aliphatic carbocycles. The van der Waals surface area contributed by atoms with Gasteiger partial charge in [-0.3, -0.25) is 0 Å². The van der Waals surface area contributed by atoms with E-state index in [9.17, 15) is 8.42 Å². The van der Waals surface area contributed by atoms with Crippen molar-refractivity contribution in [1.29, 1.82) is 0 Å². The topological polar surface area (TPSA) is 85.5 Å². The normalized spacial score (nSPS) is 11.7. The fourth-order valence-electron chi connectivity index (χ4n) is 2.30. The van der Waals surface area contributed by atoms with Gasteiger partial charge in [-0.05, 0) is 30.3 Å². The number of hydrogen-bond donors (Lipinski definition) is 0. The van der Waals surface area contributed by atoms with Crippen molar-refractivity contribution in [3.63, 3.8) is 0 Å². The molecule has 27 heavy (non-hydrogen) atoms. The standard InChI is InChI=1S/C18H18ClN3O4S/c1-22(27(23,24)16-9-5-6-14(19)12-16)11-10-17-20-18(26-21-17)13-25-15-7-3-2-4-8-15/h2-9,12H,10-11,13H2,1H3. The first-order valence-electron chi connectivity index (χ1n) is 8.16. The second-order valence-corrected chi connectivity index (χ2v) is 8.22. The van der Waals surface area contributed by atoms with Crippen LogP contribution >= 0.6 is 11.6 Å². The summed E-state index contributed by atoms with van der Waals surface area (Å²) in [6.45, 7) is 0.348. The van der Waals surface area contributed by atoms with E-state index in [-0.39, 0.29) is 18.0 Å². The van der Waals surface area contributed by atoms with Crippen LogP contribution in [0.5, 0.6) is 5.75 Å². The molecule has 0 fully saturated rings. The third-order valence-corrected chi connectivity index (χ3v) is 5.86. The molecule has 0 bridgehead atoms. The fourth-order valence-corrected chi connectivity index (χ4v) is 3.77. The number of rotatable bonds is 8. The van der Waals surface area contributed by atoms with Gasteiger partial charge in [0.1, 0.15) is 5.75 Å². The van der Waals surface area contributed by atoms with Crippen LogP contribution in [0.2, 0.25) is 5.02 Å². The summed E-state index contributed by atoms with van der Waals surface area (Å²) in [5.41, 5.74) is 0. The molecule has 2 aromatic carbocycles. The molecule has 3 aromatic rings. The Morgan fingerprint density at radius 3 is 2.67 bits per heavy atom. The second kappa shape index (κ2) is 8.51. The van der Waals surface area contributed by atoms with Gasteiger partial charge < -0.3 is 9.26 Å². The lowest BCUT2D eigenvalue weighted by Gasteiger charge is -2.16. The van der Waals surface area contributed by atoms with E-state index >= 15 is 0 Å². The van der Waals surface area contributed by atoms with Gasteiger partial charge in [-0.1, -0.05) is 41.0 Å². The van der Waals surface area contributed by atoms with Gasteiger partial charge in [0.25, 0.3) is 5.89 Å². The van der Waals surface area contributed by atoms with Crippen LogP contribution in [0.25, 0.3) is 0 Å². The molecule has 0 N–H and O–H groups in total. The van der Waals surface area contributed by atoms with Crippen molar-refractivity contribution >= 4 is 21.6 Å². The Balaban J connectivity index is 1.56. The van der Waals surface area contributed by atoms with Crippen LogP contribution in [0, 0.1) is 0 Å². The smallest absolute Gasteiger partial charge is 0.264 e. The maximum absolute atomic E-state index is 12.6. The second-order valence-electron chi connectivity index (χ2n) is 5.74. The minimum atomic E-state index is -3.63. The van der Waals surface area contributed by atoms with Gasteiger partial charge in [0.15, 0.2) is 12.4 Å². The van der Waals surface area contributed by atoms with Gasteiger partial charge in [0.2, 0.25) is 10.0 Å². The molecule has 0 spiro atoms. The summed E-state index contributed by atoms with van der Waals surface area (Å²) in [7, 11) is -2.14. The third kappa shape index (κ3) is 5.06. The molecule has 142 valence electrons. The van der Waals surface area contributed by atoms with Gasteiger partial charge in [-0.25, -0.2) is 12.7 Å². The van der Waals surface area contributed by atoms with Gasteiger partial charge >= 0.3 is 0 Å². The van der Waals surface area contributed by atoms with Crippen LogP contribution in [0.4, 0.5) is 0 Å². The summed E-state index contributed by atoms with van der Waals surface area (Å²) >= 11 is 5.88. The molecule has 3 rings (SSSR count). The van der Waals surface area contributed by atoms with Crippen LogP contribution in [0.15, 0.2) is 64.0 Å². The zero-order valence-corrected chi connectivity index (χ0v) is 16.2. The molecule has 7 nitrogen and oxygen atoms in total. The average Bonchev–Trinajstić information content (AvgIpc) is 3.13. The number of ether oxygens (including phenoxy) is 1. The summed E-state index contributed by atoms with van der Waals surface area (Å²) in [4.78, 5) is 4.36. The molecule has 0 atom stereocenters. The van der Waals surface area contributed by atoms with Crippen LogP contribution in [-0.2, 0) is 23.1 Å². The van der Waals surface area contributed by atoms with E-state index in [2.05, 4.69) is 10.1 Å². The molecular weight excluding hydrogens is 390 g/mol. The molecule has 1 heterocycles. The van der Waals surface area contributed by atoms with Crippen LogP contribution in [-0.4, -0.2) is 36.5 Å². The first kappa shape index (κ1) is 19.3. The largest absolute Gasteiger partial charge is 0.484 e. The SMILES string of the molecule is CN(CCc1noc(COc2ccccc2)n1)S(=O)(=O)c1cccc(Cl)c1. The highest BCUT2D eigenvalue weighted by atomic mass is 35.5. The summed E-state index contributed by atoms with van der Waals surface area (Å²) in [5.74, 6) is 1.44. The van der Waals surface area contributed by atoms with Gasteiger partial charge in [0.05, 0.1) is 4.90 Å². The third-order valence-electron chi connectivity index (χ3n) is 3.77. The van der Waals surface area contributed by atoms with E-state index in [1.807, 2.05) is 30.3 Å². The molecule has 0 radical (unpaired) electrons. The van der Waals surface area contributed by atoms with E-state index in [0.717, 1.165) is 0 Å². The summed E-state index contributed by atoms with van der Waals surface area (Å²) < 4.78 is 37.0. The monoisotopic (exact) mass is 407 g/mol. The zero-order valence-electron chi connectivity index (χ0n) is 14.6. The maximum Gasteiger partial charge on any atom is 0.264 e. The van der Waals surface area contributed by atoms with E-state index in [1.165, 1.54) is 23.5 Å². The van der Waals surface area contributed by atoms with Crippen molar-refractivity contribution < 1.29 is 17.7 Å². The van der Waals surface area contributed by atoms with Crippen molar-refractivity contribution in [3.05, 3.63) is 71.3 Å². The Morgan fingerprint density at radius 2 is 1.93 bits per heavy atom. The molecule has 1 aromatic heterocycles. The molecular formula is C18H18ClN3O4S. The number of likely N-dealkylation sites (N-methyl/N-ethyl adjacent to an activating group) is 1. The van der Waals surface area contributed by atoms with Crippen molar-refractivity contribution in [2.24, 2.45) is 0 Å². The highest BCUT2D eigenvalue weighted by Gasteiger charge is 2.21. The minimum absolute atomic E-state index is 0.141. The quantitative estimate of drug-likeness (QED) is 0.570. The molecule has 0 aliphatic heterocycles. The molecule has 0 saturated carbocycles. The molecule has 0 aliphatic rings. The van der Waals surface area contributed by atoms with Crippen molar-refractivity contribution in [2.45, 2.75) is 17.9 Å². The van der Waals surface area contributed by atoms with Crippen LogP contribution in [0.3, 0.4) is 0 Å². The molecule has 0 unspecified atom stereocenters. The zero-order chi connectivity index (χ0) is 19.3. The first-order valence-corrected chi connectivity index (χ1v) is 9.98. The van der Waals surface area contributed by atoms with Crippen molar-refractivity contribution in [1.82, 2.24) is 14.4 Å². The van der Waals surface area contributed by atoms with Crippen LogP contribution < -0.4 is 4.74 Å². The number of hydrogen-bond acceptors (Lipinski definition) is 6. The Hall–Kier alpha value is -2.42. The maximum atomic E-state index is 12.6. The Labute approximate surface area is 162 Å². The number of aromatic nitrogens is 2. The fraction of sp³-hybridized carbons (Fsp3) is 0.222. The Bertz CT molecular complexity index is 993. The Morgan fingerprint density at radius 1 is 1.15 bits per heavy atom. The summed E-state index contributed by atoms with van der Waals surface area (Å²) in [5, 5.41) is 4.23. The number of nitrogens with zero attached hydrogens (tertiary/aromatic N) is 3. The minimum Gasteiger partial charge on any atom is -0.484 e. The highest BCUT2D eigenvalue weighted by molar-refractivity contribution is 7.89. The average molecular weight is 408 g/mol. The van der Waals surface area contributed by atoms with Gasteiger partial charge in [-0.2, -0.15) is 4.98 Å². The van der Waals surface area contributed by atoms with E-state index < -0.39 is 10.0 Å². The highest BCUT2D eigenvalue weighted by Crippen LogP contribution is 2.19. The number of sulfonamides is 1. The predicted octanol–water partition coefficient (Wildman–Crippen LogP) is 3.17. The van der Waals surface area contributed by atoms with E-state index in [4.69, 9.17) is 20.9 Å². The predicted molar refractivity (Wildman–Crippen MR) is 100 cm³/mol. The number of para-hydroxylation sites is 1. The lowest BCUT2D eigenvalue weighted by molar-refractivity contribution is 0.242. The summed E-state index contributed by atoms with van der Waals surface area (Å²) in [6.07, 6.45) is 0.311. The number of benzene rings is 2. The van der Waals surface area contributed by atoms with Gasteiger partial charge in [0, 0.05) is 25.0 Å². The van der Waals surface area contributed by atoms with Crippen molar-refractivity contribution in [2.75, 3.05) is 13.6 Å². The summed E-state index contributed by atoms with van der Waals surface area (Å²) in [6, 6.07) is 15.4. The first-order chi connectivity index (χ1) is 12.9. The van der Waals surface area contributed by atoms with E-state index in [0.29, 0.717) is 28.9 Å². The lowest BCUT2D eigenvalue weighted by Crippen LogP contribution is -2.29. The molecule has 0 amide bonds. The van der Waals surface area contributed by atoms with E-state index in [1.54, 1.807) is 12.1 Å². The Kier molecular flexibility index (Phi) is 6.10. The number of halogens is 1.